The Labute approximate surface area is 150 Å². The van der Waals surface area contributed by atoms with Crippen LogP contribution < -0.4 is 5.32 Å². The van der Waals surface area contributed by atoms with Crippen LogP contribution in [0.4, 0.5) is 5.69 Å². The second-order valence-corrected chi connectivity index (χ2v) is 8.04. The first-order valence-electron chi connectivity index (χ1n) is 7.75. The molecule has 7 nitrogen and oxygen atoms in total. The zero-order valence-corrected chi connectivity index (χ0v) is 15.0. The lowest BCUT2D eigenvalue weighted by Gasteiger charge is -2.08. The predicted octanol–water partition coefficient (Wildman–Crippen LogP) is 1.63. The molecule has 1 N–H and O–H groups in total. The van der Waals surface area contributed by atoms with E-state index in [1.165, 1.54) is 37.4 Å². The Bertz CT molecular complexity index is 1030. The zero-order chi connectivity index (χ0) is 19.1. The first-order valence-corrected chi connectivity index (χ1v) is 9.40. The molecule has 0 spiro atoms. The van der Waals surface area contributed by atoms with Crippen molar-refractivity contribution in [1.82, 2.24) is 4.90 Å². The van der Waals surface area contributed by atoms with Gasteiger partial charge in [0, 0.05) is 12.7 Å². The Kier molecular flexibility index (Phi) is 4.37. The van der Waals surface area contributed by atoms with Crippen LogP contribution in [0.3, 0.4) is 0 Å². The lowest BCUT2D eigenvalue weighted by molar-refractivity contribution is -0.113. The second-order valence-electron chi connectivity index (χ2n) is 6.05. The van der Waals surface area contributed by atoms with Gasteiger partial charge >= 0.3 is 0 Å². The van der Waals surface area contributed by atoms with Crippen LogP contribution in [0, 0.1) is 6.92 Å². The molecular weight excluding hydrogens is 356 g/mol. The van der Waals surface area contributed by atoms with Crippen LogP contribution in [0.5, 0.6) is 0 Å². The summed E-state index contributed by atoms with van der Waals surface area (Å²) in [6.45, 7) is 1.83. The monoisotopic (exact) mass is 372 g/mol. The molecule has 3 amide bonds. The van der Waals surface area contributed by atoms with E-state index in [0.29, 0.717) is 0 Å². The first-order chi connectivity index (χ1) is 12.2. The number of sulfone groups is 1. The maximum absolute atomic E-state index is 12.3. The van der Waals surface area contributed by atoms with Gasteiger partial charge in [-0.3, -0.25) is 19.3 Å². The molecule has 2 aromatic rings. The van der Waals surface area contributed by atoms with Gasteiger partial charge in [-0.15, -0.1) is 0 Å². The Hall–Kier alpha value is -3.00. The standard InChI is InChI=1S/C18H16N2O5S/c1-11-3-6-13(7-4-11)26(24,25)10-16(21)19-12-5-8-14-15(9-12)18(23)20(2)17(14)22/h3-9H,10H2,1-2H3,(H,19,21). The van der Waals surface area contributed by atoms with Crippen molar-refractivity contribution in [3.05, 3.63) is 59.2 Å². The third-order valence-corrected chi connectivity index (χ3v) is 5.71. The summed E-state index contributed by atoms with van der Waals surface area (Å²) in [6.07, 6.45) is 0. The molecule has 134 valence electrons. The van der Waals surface area contributed by atoms with Crippen LogP contribution >= 0.6 is 0 Å². The van der Waals surface area contributed by atoms with Gasteiger partial charge in [0.2, 0.25) is 5.91 Å². The minimum atomic E-state index is -3.78. The summed E-state index contributed by atoms with van der Waals surface area (Å²) in [5, 5.41) is 2.46. The minimum absolute atomic E-state index is 0.0644. The van der Waals surface area contributed by atoms with E-state index in [1.807, 2.05) is 6.92 Å². The maximum Gasteiger partial charge on any atom is 0.261 e. The highest BCUT2D eigenvalue weighted by Crippen LogP contribution is 2.24. The lowest BCUT2D eigenvalue weighted by atomic mass is 10.1. The smallest absolute Gasteiger partial charge is 0.261 e. The molecule has 0 atom stereocenters. The van der Waals surface area contributed by atoms with Gasteiger partial charge in [0.1, 0.15) is 5.75 Å². The highest BCUT2D eigenvalue weighted by atomic mass is 32.2. The van der Waals surface area contributed by atoms with E-state index < -0.39 is 33.3 Å². The number of carbonyl (C=O) groups is 3. The van der Waals surface area contributed by atoms with E-state index in [0.717, 1.165) is 10.5 Å². The molecule has 1 aliphatic heterocycles. The number of nitrogens with one attached hydrogen (secondary N) is 1. The fourth-order valence-corrected chi connectivity index (χ4v) is 3.77. The Morgan fingerprint density at radius 3 is 2.27 bits per heavy atom. The average molecular weight is 372 g/mol. The molecule has 0 fully saturated rings. The van der Waals surface area contributed by atoms with Gasteiger partial charge in [-0.25, -0.2) is 8.42 Å². The number of amides is 3. The molecule has 8 heteroatoms. The van der Waals surface area contributed by atoms with Crippen molar-refractivity contribution in [2.24, 2.45) is 0 Å². The molecule has 0 aliphatic carbocycles. The molecular formula is C18H16N2O5S. The molecule has 0 saturated carbocycles. The van der Waals surface area contributed by atoms with Gasteiger partial charge in [-0.2, -0.15) is 0 Å². The highest BCUT2D eigenvalue weighted by molar-refractivity contribution is 7.92. The van der Waals surface area contributed by atoms with Crippen LogP contribution in [-0.2, 0) is 14.6 Å². The SMILES string of the molecule is Cc1ccc(S(=O)(=O)CC(=O)Nc2ccc3c(c2)C(=O)N(C)C3=O)cc1. The van der Waals surface area contributed by atoms with Crippen molar-refractivity contribution < 1.29 is 22.8 Å². The number of hydrogen-bond acceptors (Lipinski definition) is 5. The van der Waals surface area contributed by atoms with Gasteiger partial charge < -0.3 is 5.32 Å². The molecule has 0 unspecified atom stereocenters. The van der Waals surface area contributed by atoms with E-state index in [1.54, 1.807) is 12.1 Å². The van der Waals surface area contributed by atoms with Crippen LogP contribution in [-0.4, -0.2) is 43.8 Å². The summed E-state index contributed by atoms with van der Waals surface area (Å²) in [6, 6.07) is 10.5. The third-order valence-electron chi connectivity index (χ3n) is 4.07. The summed E-state index contributed by atoms with van der Waals surface area (Å²) >= 11 is 0. The van der Waals surface area contributed by atoms with Gasteiger partial charge in [0.25, 0.3) is 11.8 Å². The summed E-state index contributed by atoms with van der Waals surface area (Å²) in [7, 11) is -2.41. The van der Waals surface area contributed by atoms with Crippen molar-refractivity contribution >= 4 is 33.2 Å². The molecule has 2 aromatic carbocycles. The fourth-order valence-electron chi connectivity index (χ4n) is 2.64. The van der Waals surface area contributed by atoms with Gasteiger partial charge in [-0.05, 0) is 37.3 Å². The first kappa shape index (κ1) is 17.8. The van der Waals surface area contributed by atoms with Crippen molar-refractivity contribution in [2.45, 2.75) is 11.8 Å². The Morgan fingerprint density at radius 1 is 1.00 bits per heavy atom. The molecule has 26 heavy (non-hydrogen) atoms. The predicted molar refractivity (Wildman–Crippen MR) is 94.7 cm³/mol. The van der Waals surface area contributed by atoms with Crippen molar-refractivity contribution in [3.63, 3.8) is 0 Å². The van der Waals surface area contributed by atoms with E-state index >= 15 is 0 Å². The van der Waals surface area contributed by atoms with E-state index in [-0.39, 0.29) is 21.7 Å². The molecule has 3 rings (SSSR count). The van der Waals surface area contributed by atoms with Crippen molar-refractivity contribution in [2.75, 3.05) is 18.1 Å². The van der Waals surface area contributed by atoms with E-state index in [9.17, 15) is 22.8 Å². The number of benzene rings is 2. The molecule has 0 saturated heterocycles. The molecule has 1 aliphatic rings. The number of fused-ring (bicyclic) bond motifs is 1. The topological polar surface area (TPSA) is 101 Å². The Morgan fingerprint density at radius 2 is 1.62 bits per heavy atom. The highest BCUT2D eigenvalue weighted by Gasteiger charge is 2.32. The van der Waals surface area contributed by atoms with Crippen LogP contribution in [0.15, 0.2) is 47.4 Å². The van der Waals surface area contributed by atoms with Crippen LogP contribution in [0.2, 0.25) is 0 Å². The number of hydrogen-bond donors (Lipinski definition) is 1. The molecule has 1 heterocycles. The summed E-state index contributed by atoms with van der Waals surface area (Å²) < 4.78 is 24.6. The number of anilines is 1. The Balaban J connectivity index is 1.76. The average Bonchev–Trinajstić information content (AvgIpc) is 2.79. The van der Waals surface area contributed by atoms with Gasteiger partial charge in [-0.1, -0.05) is 17.7 Å². The number of nitrogens with zero attached hydrogens (tertiary/aromatic N) is 1. The van der Waals surface area contributed by atoms with Gasteiger partial charge in [0.05, 0.1) is 16.0 Å². The largest absolute Gasteiger partial charge is 0.325 e. The number of carbonyl (C=O) groups excluding carboxylic acids is 3. The number of aryl methyl sites for hydroxylation is 1. The molecule has 0 aromatic heterocycles. The second kappa shape index (κ2) is 6.38. The fraction of sp³-hybridized carbons (Fsp3) is 0.167. The molecule has 0 bridgehead atoms. The third kappa shape index (κ3) is 3.23. The van der Waals surface area contributed by atoms with Crippen molar-refractivity contribution in [3.8, 4) is 0 Å². The maximum atomic E-state index is 12.3. The quantitative estimate of drug-likeness (QED) is 0.822. The summed E-state index contributed by atoms with van der Waals surface area (Å²) in [4.78, 5) is 37.0. The summed E-state index contributed by atoms with van der Waals surface area (Å²) in [5.74, 6) is -2.33. The van der Waals surface area contributed by atoms with Crippen molar-refractivity contribution in [1.29, 1.82) is 0 Å². The van der Waals surface area contributed by atoms with Gasteiger partial charge in [0.15, 0.2) is 9.84 Å². The number of rotatable bonds is 4. The zero-order valence-electron chi connectivity index (χ0n) is 14.1. The van der Waals surface area contributed by atoms with E-state index in [2.05, 4.69) is 5.32 Å². The van der Waals surface area contributed by atoms with E-state index in [4.69, 9.17) is 0 Å². The van der Waals surface area contributed by atoms with Crippen LogP contribution in [0.25, 0.3) is 0 Å². The summed E-state index contributed by atoms with van der Waals surface area (Å²) in [5.41, 5.74) is 1.60. The molecule has 0 radical (unpaired) electrons. The normalized spacial score (nSPS) is 13.7. The number of imide groups is 1. The lowest BCUT2D eigenvalue weighted by Crippen LogP contribution is -2.24. The minimum Gasteiger partial charge on any atom is -0.325 e. The van der Waals surface area contributed by atoms with Crippen LogP contribution in [0.1, 0.15) is 26.3 Å².